The summed E-state index contributed by atoms with van der Waals surface area (Å²) in [6, 6.07) is 12.3. The van der Waals surface area contributed by atoms with Crippen LogP contribution in [0.15, 0.2) is 47.6 Å². The zero-order valence-corrected chi connectivity index (χ0v) is 14.7. The van der Waals surface area contributed by atoms with Gasteiger partial charge in [0.05, 0.1) is 25.0 Å². The van der Waals surface area contributed by atoms with Gasteiger partial charge >= 0.3 is 0 Å². The molecule has 0 radical (unpaired) electrons. The number of nitrogens with zero attached hydrogens (tertiary/aromatic N) is 1. The van der Waals surface area contributed by atoms with Crippen molar-refractivity contribution in [2.75, 3.05) is 20.3 Å². The number of amides is 1. The quantitative estimate of drug-likeness (QED) is 0.578. The van der Waals surface area contributed by atoms with Crippen molar-refractivity contribution in [2.24, 2.45) is 5.10 Å². The molecule has 0 unspecified atom stereocenters. The maximum Gasteiger partial charge on any atom is 0.277 e. The van der Waals surface area contributed by atoms with Crippen molar-refractivity contribution in [2.45, 2.75) is 6.92 Å². The van der Waals surface area contributed by atoms with E-state index < -0.39 is 5.91 Å². The predicted molar refractivity (Wildman–Crippen MR) is 96.8 cm³/mol. The van der Waals surface area contributed by atoms with Crippen LogP contribution < -0.4 is 19.6 Å². The summed E-state index contributed by atoms with van der Waals surface area (Å²) in [5, 5.41) is 4.34. The molecule has 0 aliphatic carbocycles. The molecule has 0 atom stereocenters. The van der Waals surface area contributed by atoms with Crippen molar-refractivity contribution in [3.8, 4) is 17.2 Å². The van der Waals surface area contributed by atoms with Crippen molar-refractivity contribution >= 4 is 23.7 Å². The maximum absolute atomic E-state index is 11.7. The highest BCUT2D eigenvalue weighted by molar-refractivity contribution is 6.32. The number of rotatable bonds is 8. The molecule has 1 N–H and O–H groups in total. The molecule has 0 fully saturated rings. The maximum atomic E-state index is 11.7. The molecule has 0 aliphatic heterocycles. The minimum Gasteiger partial charge on any atom is -0.493 e. The Hall–Kier alpha value is -2.73. The smallest absolute Gasteiger partial charge is 0.277 e. The van der Waals surface area contributed by atoms with E-state index in [1.807, 2.05) is 13.0 Å². The van der Waals surface area contributed by atoms with Gasteiger partial charge < -0.3 is 14.2 Å². The molecule has 0 aromatic heterocycles. The second kappa shape index (κ2) is 9.54. The third-order valence-electron chi connectivity index (χ3n) is 3.09. The molecule has 25 heavy (non-hydrogen) atoms. The zero-order valence-electron chi connectivity index (χ0n) is 14.0. The van der Waals surface area contributed by atoms with Gasteiger partial charge in [-0.3, -0.25) is 4.79 Å². The van der Waals surface area contributed by atoms with Gasteiger partial charge in [0.2, 0.25) is 0 Å². The summed E-state index contributed by atoms with van der Waals surface area (Å²) in [6.07, 6.45) is 1.51. The lowest BCUT2D eigenvalue weighted by molar-refractivity contribution is -0.123. The Kier molecular flexibility index (Phi) is 7.10. The topological polar surface area (TPSA) is 69.2 Å². The Morgan fingerprint density at radius 3 is 2.68 bits per heavy atom. The highest BCUT2D eigenvalue weighted by Gasteiger charge is 2.05. The fourth-order valence-corrected chi connectivity index (χ4v) is 2.15. The first-order valence-corrected chi connectivity index (χ1v) is 8.02. The lowest BCUT2D eigenvalue weighted by Gasteiger charge is -2.09. The van der Waals surface area contributed by atoms with E-state index in [-0.39, 0.29) is 6.61 Å². The molecule has 0 saturated carbocycles. The van der Waals surface area contributed by atoms with Gasteiger partial charge in [-0.2, -0.15) is 5.10 Å². The van der Waals surface area contributed by atoms with Crippen LogP contribution in [0.4, 0.5) is 0 Å². The van der Waals surface area contributed by atoms with Crippen molar-refractivity contribution in [1.29, 1.82) is 0 Å². The summed E-state index contributed by atoms with van der Waals surface area (Å²) < 4.78 is 16.0. The number of para-hydroxylation sites is 1. The Morgan fingerprint density at radius 2 is 1.96 bits per heavy atom. The van der Waals surface area contributed by atoms with E-state index >= 15 is 0 Å². The second-order valence-electron chi connectivity index (χ2n) is 4.86. The first kappa shape index (κ1) is 18.6. The van der Waals surface area contributed by atoms with Crippen LogP contribution in [-0.4, -0.2) is 32.4 Å². The molecule has 0 bridgehead atoms. The normalized spacial score (nSPS) is 10.5. The van der Waals surface area contributed by atoms with Gasteiger partial charge in [-0.25, -0.2) is 5.43 Å². The number of benzene rings is 2. The van der Waals surface area contributed by atoms with Gasteiger partial charge in [0, 0.05) is 0 Å². The number of hydrogen-bond donors (Lipinski definition) is 1. The third kappa shape index (κ3) is 5.69. The van der Waals surface area contributed by atoms with Crippen molar-refractivity contribution in [3.63, 3.8) is 0 Å². The number of hydrogen-bond acceptors (Lipinski definition) is 5. The van der Waals surface area contributed by atoms with Gasteiger partial charge in [-0.1, -0.05) is 23.7 Å². The van der Waals surface area contributed by atoms with Gasteiger partial charge in [0.15, 0.2) is 18.1 Å². The number of carbonyl (C=O) groups excluding carboxylic acids is 1. The molecule has 0 aliphatic rings. The fourth-order valence-electron chi connectivity index (χ4n) is 1.96. The number of carbonyl (C=O) groups is 1. The molecule has 6 nitrogen and oxygen atoms in total. The number of nitrogens with one attached hydrogen (secondary N) is 1. The van der Waals surface area contributed by atoms with Gasteiger partial charge in [0.25, 0.3) is 5.91 Å². The third-order valence-corrected chi connectivity index (χ3v) is 3.40. The molecule has 0 saturated heterocycles. The number of halogens is 1. The van der Waals surface area contributed by atoms with Crippen molar-refractivity contribution in [3.05, 3.63) is 53.1 Å². The number of hydrazone groups is 1. The molecule has 2 aromatic rings. The zero-order chi connectivity index (χ0) is 18.1. The Balaban J connectivity index is 1.87. The minimum absolute atomic E-state index is 0.187. The van der Waals surface area contributed by atoms with E-state index in [0.29, 0.717) is 28.9 Å². The summed E-state index contributed by atoms with van der Waals surface area (Å²) in [4.78, 5) is 11.7. The molecule has 7 heteroatoms. The van der Waals surface area contributed by atoms with Crippen molar-refractivity contribution in [1.82, 2.24) is 5.43 Å². The monoisotopic (exact) mass is 362 g/mol. The van der Waals surface area contributed by atoms with Crippen LogP contribution in [0.3, 0.4) is 0 Å². The molecule has 2 rings (SSSR count). The molecular formula is C18H19ClN2O4. The van der Waals surface area contributed by atoms with Crippen LogP contribution >= 0.6 is 11.6 Å². The lowest BCUT2D eigenvalue weighted by Crippen LogP contribution is -2.24. The van der Waals surface area contributed by atoms with E-state index in [2.05, 4.69) is 10.5 Å². The second-order valence-corrected chi connectivity index (χ2v) is 5.26. The first-order chi connectivity index (χ1) is 12.1. The van der Waals surface area contributed by atoms with E-state index in [9.17, 15) is 4.79 Å². The molecule has 0 spiro atoms. The summed E-state index contributed by atoms with van der Waals surface area (Å²) >= 11 is 5.95. The summed E-state index contributed by atoms with van der Waals surface area (Å²) in [5.41, 5.74) is 3.15. The van der Waals surface area contributed by atoms with E-state index in [4.69, 9.17) is 25.8 Å². The van der Waals surface area contributed by atoms with Gasteiger partial charge in [-0.15, -0.1) is 0 Å². The summed E-state index contributed by atoms with van der Waals surface area (Å²) in [7, 11) is 1.56. The van der Waals surface area contributed by atoms with Crippen LogP contribution in [-0.2, 0) is 4.79 Å². The van der Waals surface area contributed by atoms with Crippen LogP contribution in [0, 0.1) is 0 Å². The fraction of sp³-hybridized carbons (Fsp3) is 0.222. The standard InChI is InChI=1S/C18H19ClN2O4/c1-3-24-16-9-8-13(10-17(16)23-2)11-20-21-18(22)12-25-15-7-5-4-6-14(15)19/h4-11H,3,12H2,1-2H3,(H,21,22)/b20-11+. The van der Waals surface area contributed by atoms with Crippen LogP contribution in [0.1, 0.15) is 12.5 Å². The van der Waals surface area contributed by atoms with Crippen molar-refractivity contribution < 1.29 is 19.0 Å². The predicted octanol–water partition coefficient (Wildman–Crippen LogP) is 3.28. The highest BCUT2D eigenvalue weighted by Crippen LogP contribution is 2.27. The largest absolute Gasteiger partial charge is 0.493 e. The Bertz CT molecular complexity index is 750. The SMILES string of the molecule is CCOc1ccc(/C=N/NC(=O)COc2ccccc2Cl)cc1OC. The Morgan fingerprint density at radius 1 is 1.16 bits per heavy atom. The van der Waals surface area contributed by atoms with Crippen LogP contribution in [0.25, 0.3) is 0 Å². The van der Waals surface area contributed by atoms with E-state index in [1.165, 1.54) is 6.21 Å². The van der Waals surface area contributed by atoms with Crippen LogP contribution in [0.5, 0.6) is 17.2 Å². The lowest BCUT2D eigenvalue weighted by atomic mass is 10.2. The minimum atomic E-state index is -0.394. The first-order valence-electron chi connectivity index (χ1n) is 7.64. The molecular weight excluding hydrogens is 344 g/mol. The molecule has 2 aromatic carbocycles. The van der Waals surface area contributed by atoms with E-state index in [1.54, 1.807) is 43.5 Å². The van der Waals surface area contributed by atoms with Gasteiger partial charge in [0.1, 0.15) is 5.75 Å². The molecule has 132 valence electrons. The average Bonchev–Trinajstić information content (AvgIpc) is 2.62. The number of ether oxygens (including phenoxy) is 3. The molecule has 1 amide bonds. The average molecular weight is 363 g/mol. The van der Waals surface area contributed by atoms with Crippen LogP contribution in [0.2, 0.25) is 5.02 Å². The Labute approximate surface area is 151 Å². The molecule has 0 heterocycles. The van der Waals surface area contributed by atoms with E-state index in [0.717, 1.165) is 5.56 Å². The summed E-state index contributed by atoms with van der Waals surface area (Å²) in [5.74, 6) is 1.30. The number of methoxy groups -OCH3 is 1. The van der Waals surface area contributed by atoms with Gasteiger partial charge in [-0.05, 0) is 42.8 Å². The summed E-state index contributed by atoms with van der Waals surface area (Å²) in [6.45, 7) is 2.26. The highest BCUT2D eigenvalue weighted by atomic mass is 35.5.